The monoisotopic (exact) mass is 331 g/mol. The summed E-state index contributed by atoms with van der Waals surface area (Å²) in [5.41, 5.74) is 0.942. The highest BCUT2D eigenvalue weighted by atomic mass is 32.2. The Morgan fingerprint density at radius 3 is 2.57 bits per heavy atom. The zero-order chi connectivity index (χ0) is 16.1. The van der Waals surface area contributed by atoms with Gasteiger partial charge >= 0.3 is 0 Å². The third-order valence-corrected chi connectivity index (χ3v) is 7.22. The number of sulfone groups is 1. The fourth-order valence-electron chi connectivity index (χ4n) is 3.18. The molecule has 2 aliphatic rings. The van der Waals surface area contributed by atoms with Crippen molar-refractivity contribution in [2.75, 3.05) is 6.54 Å². The summed E-state index contributed by atoms with van der Waals surface area (Å²) in [5, 5.41) is 0. The molecule has 1 amide bonds. The molecule has 1 aromatic carbocycles. The molecule has 1 aromatic heterocycles. The van der Waals surface area contributed by atoms with Crippen LogP contribution in [0.4, 0.5) is 0 Å². The Hall–Kier alpha value is -2.15. The van der Waals surface area contributed by atoms with Crippen molar-refractivity contribution in [1.82, 2.24) is 14.5 Å². The van der Waals surface area contributed by atoms with Crippen molar-refractivity contribution in [3.63, 3.8) is 0 Å². The fourth-order valence-corrected chi connectivity index (χ4v) is 5.15. The van der Waals surface area contributed by atoms with E-state index in [1.165, 1.54) is 0 Å². The largest absolute Gasteiger partial charge is 0.334 e. The topological polar surface area (TPSA) is 72.3 Å². The van der Waals surface area contributed by atoms with Crippen molar-refractivity contribution >= 4 is 15.7 Å². The first kappa shape index (κ1) is 14.4. The lowest BCUT2D eigenvalue weighted by molar-refractivity contribution is -0.133. The van der Waals surface area contributed by atoms with Crippen LogP contribution in [0.1, 0.15) is 18.5 Å². The van der Waals surface area contributed by atoms with Gasteiger partial charge in [-0.2, -0.15) is 0 Å². The minimum atomic E-state index is -3.65. The number of benzene rings is 1. The van der Waals surface area contributed by atoms with E-state index >= 15 is 0 Å². The number of aromatic nitrogens is 2. The van der Waals surface area contributed by atoms with Crippen molar-refractivity contribution in [2.45, 2.75) is 35.6 Å². The summed E-state index contributed by atoms with van der Waals surface area (Å²) >= 11 is 0. The minimum Gasteiger partial charge on any atom is -0.334 e. The zero-order valence-electron chi connectivity index (χ0n) is 12.6. The average molecular weight is 331 g/mol. The molecule has 2 heterocycles. The summed E-state index contributed by atoms with van der Waals surface area (Å²) in [4.78, 5) is 18.9. The maximum Gasteiger partial charge on any atom is 0.244 e. The highest BCUT2D eigenvalue weighted by Gasteiger charge is 2.62. The fraction of sp³-hybridized carbons (Fsp3) is 0.375. The van der Waals surface area contributed by atoms with Crippen LogP contribution < -0.4 is 0 Å². The number of carbonyl (C=O) groups is 1. The molecule has 0 spiro atoms. The van der Waals surface area contributed by atoms with Crippen LogP contribution in [0.5, 0.6) is 0 Å². The number of nitrogens with zero attached hydrogens (tertiary/aromatic N) is 3. The summed E-state index contributed by atoms with van der Waals surface area (Å²) in [6.07, 6.45) is 4.27. The summed E-state index contributed by atoms with van der Waals surface area (Å²) in [6, 6.07) is 8.27. The molecule has 120 valence electrons. The molecule has 1 aliphatic heterocycles. The van der Waals surface area contributed by atoms with Gasteiger partial charge < -0.3 is 9.47 Å². The Morgan fingerprint density at radius 2 is 1.87 bits per heavy atom. The lowest BCUT2D eigenvalue weighted by Crippen LogP contribution is -2.47. The van der Waals surface area contributed by atoms with Crippen LogP contribution in [0.15, 0.2) is 47.8 Å². The Kier molecular flexibility index (Phi) is 3.09. The maximum absolute atomic E-state index is 13.0. The highest BCUT2D eigenvalue weighted by Crippen LogP contribution is 2.48. The van der Waals surface area contributed by atoms with E-state index in [1.807, 2.05) is 4.57 Å². The lowest BCUT2D eigenvalue weighted by atomic mass is 10.2. The van der Waals surface area contributed by atoms with E-state index < -0.39 is 14.6 Å². The third kappa shape index (κ3) is 2.10. The predicted molar refractivity (Wildman–Crippen MR) is 83.2 cm³/mol. The van der Waals surface area contributed by atoms with Crippen LogP contribution in [0.2, 0.25) is 0 Å². The molecule has 4 rings (SSSR count). The number of imidazole rings is 1. The van der Waals surface area contributed by atoms with Gasteiger partial charge in [-0.05, 0) is 25.0 Å². The second-order valence-electron chi connectivity index (χ2n) is 6.12. The summed E-state index contributed by atoms with van der Waals surface area (Å²) in [6.45, 7) is 1.60. The van der Waals surface area contributed by atoms with Gasteiger partial charge in [0.25, 0.3) is 0 Å². The molecular formula is C16H17N3O3S. The van der Waals surface area contributed by atoms with Gasteiger partial charge in [-0.15, -0.1) is 0 Å². The van der Waals surface area contributed by atoms with Crippen LogP contribution >= 0.6 is 0 Å². The summed E-state index contributed by atoms with van der Waals surface area (Å²) < 4.78 is 26.6. The molecule has 0 atom stereocenters. The molecule has 0 unspecified atom stereocenters. The Bertz CT molecular complexity index is 854. The van der Waals surface area contributed by atoms with Gasteiger partial charge in [0.15, 0.2) is 14.6 Å². The van der Waals surface area contributed by atoms with Gasteiger partial charge in [0.1, 0.15) is 0 Å². The second-order valence-corrected chi connectivity index (χ2v) is 8.38. The first-order valence-corrected chi connectivity index (χ1v) is 9.11. The average Bonchev–Trinajstić information content (AvgIpc) is 3.27. The van der Waals surface area contributed by atoms with Crippen molar-refractivity contribution in [1.29, 1.82) is 0 Å². The van der Waals surface area contributed by atoms with Crippen molar-refractivity contribution in [2.24, 2.45) is 0 Å². The number of amides is 1. The highest BCUT2D eigenvalue weighted by molar-refractivity contribution is 7.94. The van der Waals surface area contributed by atoms with Crippen molar-refractivity contribution in [3.05, 3.63) is 48.5 Å². The molecule has 6 nitrogen and oxygen atoms in total. The first-order valence-electron chi connectivity index (χ1n) is 7.63. The van der Waals surface area contributed by atoms with Gasteiger partial charge in [0.2, 0.25) is 5.91 Å². The smallest absolute Gasteiger partial charge is 0.244 e. The molecule has 0 radical (unpaired) electrons. The lowest BCUT2D eigenvalue weighted by Gasteiger charge is -2.31. The van der Waals surface area contributed by atoms with Gasteiger partial charge in [-0.3, -0.25) is 4.79 Å². The van der Waals surface area contributed by atoms with Crippen LogP contribution in [0.25, 0.3) is 0 Å². The van der Waals surface area contributed by atoms with Gasteiger partial charge in [-0.1, -0.05) is 18.2 Å². The molecule has 1 saturated carbocycles. The first-order chi connectivity index (χ1) is 11.0. The maximum atomic E-state index is 13.0. The minimum absolute atomic E-state index is 0.230. The van der Waals surface area contributed by atoms with E-state index in [9.17, 15) is 13.2 Å². The van der Waals surface area contributed by atoms with Crippen molar-refractivity contribution < 1.29 is 13.2 Å². The van der Waals surface area contributed by atoms with Crippen LogP contribution in [-0.4, -0.2) is 40.1 Å². The predicted octanol–water partition coefficient (Wildman–Crippen LogP) is 1.23. The molecule has 0 N–H and O–H groups in total. The number of hydrogen-bond donors (Lipinski definition) is 0. The SMILES string of the molecule is O=C(N1CCn2cncc2C1)C1(S(=O)(=O)c2ccccc2)CC1. The summed E-state index contributed by atoms with van der Waals surface area (Å²) in [7, 11) is -3.65. The van der Waals surface area contributed by atoms with E-state index in [4.69, 9.17) is 0 Å². The molecule has 1 fully saturated rings. The Morgan fingerprint density at radius 1 is 1.13 bits per heavy atom. The van der Waals surface area contributed by atoms with Gasteiger partial charge in [0, 0.05) is 19.3 Å². The molecule has 23 heavy (non-hydrogen) atoms. The number of carbonyl (C=O) groups excluding carboxylic acids is 1. The molecule has 1 aliphatic carbocycles. The molecule has 0 saturated heterocycles. The second kappa shape index (κ2) is 4.92. The number of rotatable bonds is 3. The van der Waals surface area contributed by atoms with E-state index in [0.717, 1.165) is 5.69 Å². The summed E-state index contributed by atoms with van der Waals surface area (Å²) in [5.74, 6) is -0.270. The normalized spacial score (nSPS) is 19.2. The van der Waals surface area contributed by atoms with Crippen molar-refractivity contribution in [3.8, 4) is 0 Å². The van der Waals surface area contributed by atoms with Crippen LogP contribution in [-0.2, 0) is 27.7 Å². The number of hydrogen-bond acceptors (Lipinski definition) is 4. The Labute approximate surface area is 134 Å². The molecule has 0 bridgehead atoms. The van der Waals surface area contributed by atoms with E-state index in [2.05, 4.69) is 4.98 Å². The van der Waals surface area contributed by atoms with Crippen LogP contribution in [0, 0.1) is 0 Å². The Balaban J connectivity index is 1.64. The van der Waals surface area contributed by atoms with Gasteiger partial charge in [0.05, 0.1) is 23.5 Å². The number of fused-ring (bicyclic) bond motifs is 1. The van der Waals surface area contributed by atoms with Gasteiger partial charge in [-0.25, -0.2) is 13.4 Å². The standard InChI is InChI=1S/C16H17N3O3S/c20-15(18-8-9-19-12-17-10-13(19)11-18)16(6-7-16)23(21,22)14-4-2-1-3-5-14/h1-5,10,12H,6-9,11H2. The van der Waals surface area contributed by atoms with E-state index in [1.54, 1.807) is 47.8 Å². The third-order valence-electron chi connectivity index (χ3n) is 4.71. The van der Waals surface area contributed by atoms with E-state index in [-0.39, 0.29) is 10.8 Å². The molecular weight excluding hydrogens is 314 g/mol. The molecule has 2 aromatic rings. The quantitative estimate of drug-likeness (QED) is 0.848. The van der Waals surface area contributed by atoms with E-state index in [0.29, 0.717) is 32.5 Å². The van der Waals surface area contributed by atoms with Crippen LogP contribution in [0.3, 0.4) is 0 Å². The molecule has 7 heteroatoms. The zero-order valence-corrected chi connectivity index (χ0v) is 13.4.